The van der Waals surface area contributed by atoms with Crippen LogP contribution in [-0.4, -0.2) is 45.5 Å². The normalized spacial score (nSPS) is 19.3. The number of nitrogens with zero attached hydrogens (tertiary/aromatic N) is 1. The molecule has 2 heterocycles. The van der Waals surface area contributed by atoms with Gasteiger partial charge in [0.15, 0.2) is 0 Å². The lowest BCUT2D eigenvalue weighted by Gasteiger charge is -2.24. The number of carboxylic acid groups (broad SMARTS) is 1. The predicted molar refractivity (Wildman–Crippen MR) is 81.1 cm³/mol. The molecule has 0 spiro atoms. The maximum atomic E-state index is 12.3. The van der Waals surface area contributed by atoms with Crippen molar-refractivity contribution in [3.63, 3.8) is 0 Å². The number of rotatable bonds is 5. The van der Waals surface area contributed by atoms with Gasteiger partial charge < -0.3 is 15.3 Å². The summed E-state index contributed by atoms with van der Waals surface area (Å²) in [5, 5.41) is 13.6. The maximum Gasteiger partial charge on any atom is 0.305 e. The Balaban J connectivity index is 2.07. The number of aliphatic carboxylic acids is 1. The molecule has 1 aromatic heterocycles. The highest BCUT2D eigenvalue weighted by Gasteiger charge is 2.34. The summed E-state index contributed by atoms with van der Waals surface area (Å²) in [6.45, 7) is 1.43. The molecule has 0 bridgehead atoms. The van der Waals surface area contributed by atoms with Crippen LogP contribution < -0.4 is 5.32 Å². The van der Waals surface area contributed by atoms with Gasteiger partial charge in [0.05, 0.1) is 18.3 Å². The summed E-state index contributed by atoms with van der Waals surface area (Å²) < 4.78 is 0. The molecule has 0 aliphatic carbocycles. The summed E-state index contributed by atoms with van der Waals surface area (Å²) >= 11 is 2.92. The van der Waals surface area contributed by atoms with E-state index in [-0.39, 0.29) is 18.2 Å². The summed E-state index contributed by atoms with van der Waals surface area (Å²) in [6, 6.07) is 2.53. The van der Waals surface area contributed by atoms with Crippen LogP contribution in [0.4, 0.5) is 0 Å². The zero-order chi connectivity index (χ0) is 15.4. The van der Waals surface area contributed by atoms with Crippen LogP contribution in [0.25, 0.3) is 0 Å². The molecule has 2 rings (SSSR count). The van der Waals surface area contributed by atoms with E-state index in [9.17, 15) is 14.4 Å². The topological polar surface area (TPSA) is 86.7 Å². The molecule has 1 fully saturated rings. The molecule has 1 aliphatic rings. The van der Waals surface area contributed by atoms with Crippen LogP contribution in [-0.2, 0) is 14.4 Å². The maximum absolute atomic E-state index is 12.3. The number of nitrogens with one attached hydrogen (secondary N) is 1. The summed E-state index contributed by atoms with van der Waals surface area (Å²) in [7, 11) is 0. The van der Waals surface area contributed by atoms with E-state index in [2.05, 4.69) is 5.32 Å². The average Bonchev–Trinajstić information content (AvgIpc) is 3.08. The zero-order valence-corrected chi connectivity index (χ0v) is 13.1. The van der Waals surface area contributed by atoms with Crippen molar-refractivity contribution in [2.24, 2.45) is 0 Å². The quantitative estimate of drug-likeness (QED) is 0.851. The molecule has 1 aliphatic heterocycles. The molecule has 0 radical (unpaired) electrons. The average molecular weight is 328 g/mol. The van der Waals surface area contributed by atoms with Crippen molar-refractivity contribution in [2.75, 3.05) is 11.6 Å². The van der Waals surface area contributed by atoms with Gasteiger partial charge in [-0.15, -0.1) is 23.1 Å². The van der Waals surface area contributed by atoms with Crippen LogP contribution in [0.15, 0.2) is 17.5 Å². The standard InChI is InChI=1S/C13H16N2O4S2/c1-8(16)15-7-20-6-10(15)13(19)14-9(5-12(17)18)11-3-2-4-21-11/h2-4,9-10H,5-7H2,1H3,(H,14,19)(H,17,18)/t9?,10-/m0/s1. The van der Waals surface area contributed by atoms with Crippen molar-refractivity contribution in [2.45, 2.75) is 25.4 Å². The minimum Gasteiger partial charge on any atom is -0.481 e. The molecule has 21 heavy (non-hydrogen) atoms. The number of amides is 2. The van der Waals surface area contributed by atoms with Gasteiger partial charge in [0.2, 0.25) is 11.8 Å². The molecule has 2 N–H and O–H groups in total. The molecule has 0 saturated carbocycles. The lowest BCUT2D eigenvalue weighted by molar-refractivity contribution is -0.139. The number of thiophene rings is 1. The third kappa shape index (κ3) is 3.98. The Labute approximate surface area is 130 Å². The first-order valence-electron chi connectivity index (χ1n) is 6.39. The molecule has 1 unspecified atom stereocenters. The molecule has 2 amide bonds. The Kier molecular flexibility index (Phi) is 5.24. The number of carbonyl (C=O) groups excluding carboxylic acids is 2. The summed E-state index contributed by atoms with van der Waals surface area (Å²) in [4.78, 5) is 37.1. The summed E-state index contributed by atoms with van der Waals surface area (Å²) in [5.74, 6) is -0.384. The van der Waals surface area contributed by atoms with Crippen molar-refractivity contribution in [1.29, 1.82) is 0 Å². The summed E-state index contributed by atoms with van der Waals surface area (Å²) in [6.07, 6.45) is -0.174. The molecule has 114 valence electrons. The number of carbonyl (C=O) groups is 3. The van der Waals surface area contributed by atoms with E-state index in [1.807, 2.05) is 11.4 Å². The molecule has 1 aromatic rings. The highest BCUT2D eigenvalue weighted by molar-refractivity contribution is 7.99. The van der Waals surface area contributed by atoms with Crippen LogP contribution in [0.2, 0.25) is 0 Å². The molecular weight excluding hydrogens is 312 g/mol. The fourth-order valence-electron chi connectivity index (χ4n) is 2.13. The van der Waals surface area contributed by atoms with Crippen molar-refractivity contribution < 1.29 is 19.5 Å². The van der Waals surface area contributed by atoms with Gasteiger partial charge in [-0.25, -0.2) is 0 Å². The van der Waals surface area contributed by atoms with Crippen molar-refractivity contribution in [3.05, 3.63) is 22.4 Å². The number of hydrogen-bond donors (Lipinski definition) is 2. The van der Waals surface area contributed by atoms with E-state index in [1.54, 1.807) is 6.07 Å². The highest BCUT2D eigenvalue weighted by Crippen LogP contribution is 2.25. The third-order valence-corrected chi connectivity index (χ3v) is 5.17. The molecular formula is C13H16N2O4S2. The van der Waals surface area contributed by atoms with Gasteiger partial charge in [0.1, 0.15) is 6.04 Å². The van der Waals surface area contributed by atoms with E-state index in [0.29, 0.717) is 11.6 Å². The van der Waals surface area contributed by atoms with E-state index in [1.165, 1.54) is 34.9 Å². The smallest absolute Gasteiger partial charge is 0.305 e. The molecule has 6 nitrogen and oxygen atoms in total. The van der Waals surface area contributed by atoms with E-state index < -0.39 is 18.1 Å². The van der Waals surface area contributed by atoms with Crippen LogP contribution in [0, 0.1) is 0 Å². The Morgan fingerprint density at radius 2 is 2.29 bits per heavy atom. The Bertz CT molecular complexity index is 532. The van der Waals surface area contributed by atoms with Crippen LogP contribution in [0.3, 0.4) is 0 Å². The predicted octanol–water partition coefficient (Wildman–Crippen LogP) is 1.30. The van der Waals surface area contributed by atoms with Crippen LogP contribution in [0.5, 0.6) is 0 Å². The van der Waals surface area contributed by atoms with E-state index in [4.69, 9.17) is 5.11 Å². The van der Waals surface area contributed by atoms with E-state index in [0.717, 1.165) is 4.88 Å². The molecule has 0 aromatic carbocycles. The Hall–Kier alpha value is -1.54. The monoisotopic (exact) mass is 328 g/mol. The minimum absolute atomic E-state index is 0.147. The first kappa shape index (κ1) is 15.8. The van der Waals surface area contributed by atoms with Crippen molar-refractivity contribution in [3.8, 4) is 0 Å². The van der Waals surface area contributed by atoms with Gasteiger partial charge in [-0.1, -0.05) is 6.07 Å². The fourth-order valence-corrected chi connectivity index (χ4v) is 4.12. The van der Waals surface area contributed by atoms with Crippen molar-refractivity contribution in [1.82, 2.24) is 10.2 Å². The van der Waals surface area contributed by atoms with Gasteiger partial charge in [-0.2, -0.15) is 0 Å². The molecule has 2 atom stereocenters. The number of carboxylic acids is 1. The third-order valence-electron chi connectivity index (χ3n) is 3.17. The van der Waals surface area contributed by atoms with Crippen LogP contribution in [0.1, 0.15) is 24.3 Å². The van der Waals surface area contributed by atoms with Gasteiger partial charge >= 0.3 is 5.97 Å². The summed E-state index contributed by atoms with van der Waals surface area (Å²) in [5.41, 5.74) is 0. The van der Waals surface area contributed by atoms with Crippen LogP contribution >= 0.6 is 23.1 Å². The number of thioether (sulfide) groups is 1. The molecule has 8 heteroatoms. The molecule has 1 saturated heterocycles. The van der Waals surface area contributed by atoms with Gasteiger partial charge in [-0.05, 0) is 11.4 Å². The minimum atomic E-state index is -0.974. The first-order chi connectivity index (χ1) is 9.99. The van der Waals surface area contributed by atoms with Gasteiger partial charge in [-0.3, -0.25) is 14.4 Å². The SMILES string of the molecule is CC(=O)N1CSC[C@H]1C(=O)NC(CC(=O)O)c1cccs1. The second kappa shape index (κ2) is 6.95. The Morgan fingerprint density at radius 1 is 1.52 bits per heavy atom. The van der Waals surface area contributed by atoms with E-state index >= 15 is 0 Å². The lowest BCUT2D eigenvalue weighted by Crippen LogP contribution is -2.47. The van der Waals surface area contributed by atoms with Gasteiger partial charge in [0, 0.05) is 17.6 Å². The second-order valence-corrected chi connectivity index (χ2v) is 6.66. The largest absolute Gasteiger partial charge is 0.481 e. The van der Waals surface area contributed by atoms with Crippen molar-refractivity contribution >= 4 is 40.9 Å². The first-order valence-corrected chi connectivity index (χ1v) is 8.43. The number of hydrogen-bond acceptors (Lipinski definition) is 5. The fraction of sp³-hybridized carbons (Fsp3) is 0.462. The highest BCUT2D eigenvalue weighted by atomic mass is 32.2. The van der Waals surface area contributed by atoms with Gasteiger partial charge in [0.25, 0.3) is 0 Å². The second-order valence-electron chi connectivity index (χ2n) is 4.68. The Morgan fingerprint density at radius 3 is 2.86 bits per heavy atom. The zero-order valence-electron chi connectivity index (χ0n) is 11.4. The lowest BCUT2D eigenvalue weighted by atomic mass is 10.1.